The molecule has 0 atom stereocenters. The van der Waals surface area contributed by atoms with E-state index in [4.69, 9.17) is 4.74 Å². The fourth-order valence-corrected chi connectivity index (χ4v) is 4.01. The normalized spacial score (nSPS) is 15.8. The Morgan fingerprint density at radius 2 is 1.57 bits per heavy atom. The number of ether oxygens (including phenoxy) is 1. The van der Waals surface area contributed by atoms with Crippen molar-refractivity contribution in [2.45, 2.75) is 4.90 Å². The zero-order valence-electron chi connectivity index (χ0n) is 16.3. The molecule has 2 aromatic rings. The molecular formula is C20H27N3O4S. The number of nitrogens with zero attached hydrogens (tertiary/aromatic N) is 3. The summed E-state index contributed by atoms with van der Waals surface area (Å²) in [7, 11) is -0.381. The minimum absolute atomic E-state index is 0.259. The molecule has 1 aliphatic rings. The summed E-state index contributed by atoms with van der Waals surface area (Å²) < 4.78 is 31.1. The number of hydrogen-bond acceptors (Lipinski definition) is 6. The second-order valence-corrected chi connectivity index (χ2v) is 9.10. The van der Waals surface area contributed by atoms with E-state index < -0.39 is 10.0 Å². The molecule has 3 rings (SSSR count). The highest BCUT2D eigenvalue weighted by atomic mass is 32.2. The molecule has 8 heteroatoms. The molecule has 0 saturated carbocycles. The molecule has 1 saturated heterocycles. The molecule has 1 aliphatic heterocycles. The number of phenolic OH excluding ortho intramolecular Hbond substituents is 1. The van der Waals surface area contributed by atoms with Gasteiger partial charge in [-0.3, -0.25) is 4.90 Å². The molecule has 1 fully saturated rings. The molecule has 1 heterocycles. The summed E-state index contributed by atoms with van der Waals surface area (Å²) in [6.45, 7) is 5.14. The van der Waals surface area contributed by atoms with E-state index in [0.717, 1.165) is 38.4 Å². The molecule has 1 N–H and O–H groups in total. The van der Waals surface area contributed by atoms with E-state index in [1.54, 1.807) is 36.4 Å². The van der Waals surface area contributed by atoms with E-state index in [-0.39, 0.29) is 10.6 Å². The molecule has 28 heavy (non-hydrogen) atoms. The maximum atomic E-state index is 12.1. The van der Waals surface area contributed by atoms with Crippen LogP contribution in [0.15, 0.2) is 53.4 Å². The van der Waals surface area contributed by atoms with Crippen LogP contribution >= 0.6 is 0 Å². The molecule has 0 radical (unpaired) electrons. The maximum absolute atomic E-state index is 12.1. The molecule has 2 aromatic carbocycles. The Hall–Kier alpha value is -2.29. The zero-order valence-corrected chi connectivity index (χ0v) is 17.1. The van der Waals surface area contributed by atoms with Crippen molar-refractivity contribution in [2.75, 3.05) is 58.3 Å². The van der Waals surface area contributed by atoms with Crippen molar-refractivity contribution in [3.05, 3.63) is 48.5 Å². The molecule has 0 spiro atoms. The molecule has 0 amide bonds. The first-order chi connectivity index (χ1) is 13.4. The van der Waals surface area contributed by atoms with Gasteiger partial charge < -0.3 is 14.7 Å². The van der Waals surface area contributed by atoms with Gasteiger partial charge in [-0.2, -0.15) is 0 Å². The van der Waals surface area contributed by atoms with Crippen LogP contribution in [0.25, 0.3) is 0 Å². The summed E-state index contributed by atoms with van der Waals surface area (Å²) >= 11 is 0. The Morgan fingerprint density at radius 3 is 2.14 bits per heavy atom. The minimum Gasteiger partial charge on any atom is -0.508 e. The number of anilines is 1. The van der Waals surface area contributed by atoms with Crippen LogP contribution in [0.1, 0.15) is 0 Å². The predicted molar refractivity (Wildman–Crippen MR) is 110 cm³/mol. The largest absolute Gasteiger partial charge is 0.508 e. The second kappa shape index (κ2) is 8.81. The standard InChI is InChI=1S/C20H27N3O4S/c1-21(2)28(25,26)20-9-7-19(8-10-20)27-16-15-22-11-13-23(14-12-22)17-3-5-18(24)6-4-17/h3-10,24H,11-16H2,1-2H3. The zero-order chi connectivity index (χ0) is 20.1. The Balaban J connectivity index is 1.43. The predicted octanol–water partition coefficient (Wildman–Crippen LogP) is 1.84. The summed E-state index contributed by atoms with van der Waals surface area (Å²) in [6, 6.07) is 13.8. The molecule has 0 aliphatic carbocycles. The van der Waals surface area contributed by atoms with Gasteiger partial charge in [0.05, 0.1) is 4.90 Å². The lowest BCUT2D eigenvalue weighted by atomic mass is 10.2. The van der Waals surface area contributed by atoms with Crippen molar-refractivity contribution in [1.82, 2.24) is 9.21 Å². The highest BCUT2D eigenvalue weighted by Gasteiger charge is 2.18. The average Bonchev–Trinajstić information content (AvgIpc) is 2.69. The van der Waals surface area contributed by atoms with Crippen LogP contribution < -0.4 is 9.64 Å². The third-order valence-electron chi connectivity index (χ3n) is 4.87. The lowest BCUT2D eigenvalue weighted by Gasteiger charge is -2.36. The van der Waals surface area contributed by atoms with Crippen LogP contribution in [-0.2, 0) is 10.0 Å². The van der Waals surface area contributed by atoms with Crippen LogP contribution in [-0.4, -0.2) is 76.2 Å². The quantitative estimate of drug-likeness (QED) is 0.758. The number of benzene rings is 2. The van der Waals surface area contributed by atoms with E-state index in [9.17, 15) is 13.5 Å². The SMILES string of the molecule is CN(C)S(=O)(=O)c1ccc(OCCN2CCN(c3ccc(O)cc3)CC2)cc1. The number of sulfonamides is 1. The lowest BCUT2D eigenvalue weighted by Crippen LogP contribution is -2.47. The van der Waals surface area contributed by atoms with Gasteiger partial charge in [0, 0.05) is 52.5 Å². The van der Waals surface area contributed by atoms with Gasteiger partial charge >= 0.3 is 0 Å². The first-order valence-corrected chi connectivity index (χ1v) is 10.7. The van der Waals surface area contributed by atoms with Gasteiger partial charge in [0.15, 0.2) is 0 Å². The second-order valence-electron chi connectivity index (χ2n) is 6.95. The van der Waals surface area contributed by atoms with Crippen molar-refractivity contribution in [3.8, 4) is 11.5 Å². The summed E-state index contributed by atoms with van der Waals surface area (Å²) in [5, 5.41) is 9.39. The van der Waals surface area contributed by atoms with Crippen molar-refractivity contribution in [1.29, 1.82) is 0 Å². The Kier molecular flexibility index (Phi) is 6.43. The Morgan fingerprint density at radius 1 is 0.964 bits per heavy atom. The summed E-state index contributed by atoms with van der Waals surface area (Å²) in [5.74, 6) is 0.951. The summed E-state index contributed by atoms with van der Waals surface area (Å²) in [5.41, 5.74) is 1.13. The van der Waals surface area contributed by atoms with Gasteiger partial charge in [-0.25, -0.2) is 12.7 Å². The fourth-order valence-electron chi connectivity index (χ4n) is 3.10. The highest BCUT2D eigenvalue weighted by molar-refractivity contribution is 7.89. The average molecular weight is 406 g/mol. The maximum Gasteiger partial charge on any atom is 0.242 e. The topological polar surface area (TPSA) is 73.3 Å². The van der Waals surface area contributed by atoms with Gasteiger partial charge in [0.25, 0.3) is 0 Å². The van der Waals surface area contributed by atoms with E-state index in [1.165, 1.54) is 18.4 Å². The Bertz CT molecular complexity index is 859. The van der Waals surface area contributed by atoms with E-state index in [1.807, 2.05) is 12.1 Å². The van der Waals surface area contributed by atoms with Gasteiger partial charge in [-0.05, 0) is 48.5 Å². The number of aromatic hydroxyl groups is 1. The number of phenols is 1. The first kappa shape index (κ1) is 20.4. The van der Waals surface area contributed by atoms with Crippen molar-refractivity contribution in [2.24, 2.45) is 0 Å². The highest BCUT2D eigenvalue weighted by Crippen LogP contribution is 2.20. The first-order valence-electron chi connectivity index (χ1n) is 9.28. The van der Waals surface area contributed by atoms with Crippen LogP contribution in [0.5, 0.6) is 11.5 Å². The van der Waals surface area contributed by atoms with Crippen LogP contribution in [0.4, 0.5) is 5.69 Å². The minimum atomic E-state index is -3.41. The molecular weight excluding hydrogens is 378 g/mol. The number of hydrogen-bond donors (Lipinski definition) is 1. The van der Waals surface area contributed by atoms with Crippen molar-refractivity contribution >= 4 is 15.7 Å². The lowest BCUT2D eigenvalue weighted by molar-refractivity contribution is 0.200. The van der Waals surface area contributed by atoms with Gasteiger partial charge in [0.2, 0.25) is 10.0 Å². The number of rotatable bonds is 7. The van der Waals surface area contributed by atoms with Crippen molar-refractivity contribution in [3.63, 3.8) is 0 Å². The third-order valence-corrected chi connectivity index (χ3v) is 6.70. The monoisotopic (exact) mass is 405 g/mol. The van der Waals surface area contributed by atoms with Crippen LogP contribution in [0, 0.1) is 0 Å². The van der Waals surface area contributed by atoms with Gasteiger partial charge in [-0.1, -0.05) is 0 Å². The smallest absolute Gasteiger partial charge is 0.242 e. The van der Waals surface area contributed by atoms with Crippen molar-refractivity contribution < 1.29 is 18.3 Å². The third kappa shape index (κ3) is 4.95. The van der Waals surface area contributed by atoms with Gasteiger partial charge in [0.1, 0.15) is 18.1 Å². The Labute approximate surface area is 166 Å². The fraction of sp³-hybridized carbons (Fsp3) is 0.400. The molecule has 7 nitrogen and oxygen atoms in total. The number of piperazine rings is 1. The van der Waals surface area contributed by atoms with Crippen LogP contribution in [0.2, 0.25) is 0 Å². The molecule has 0 bridgehead atoms. The molecule has 0 unspecified atom stereocenters. The van der Waals surface area contributed by atoms with Crippen LogP contribution in [0.3, 0.4) is 0 Å². The molecule has 152 valence electrons. The summed E-state index contributed by atoms with van der Waals surface area (Å²) in [6.07, 6.45) is 0. The van der Waals surface area contributed by atoms with E-state index in [2.05, 4.69) is 9.80 Å². The van der Waals surface area contributed by atoms with Gasteiger partial charge in [-0.15, -0.1) is 0 Å². The van der Waals surface area contributed by atoms with E-state index >= 15 is 0 Å². The summed E-state index contributed by atoms with van der Waals surface area (Å²) in [4.78, 5) is 4.91. The molecule has 0 aromatic heterocycles. The van der Waals surface area contributed by atoms with E-state index in [0.29, 0.717) is 12.4 Å².